The lowest BCUT2D eigenvalue weighted by Gasteiger charge is -2.52. The highest BCUT2D eigenvalue weighted by atomic mass is 35.5. The topological polar surface area (TPSA) is 107 Å². The summed E-state index contributed by atoms with van der Waals surface area (Å²) in [5, 5.41) is 14.1. The van der Waals surface area contributed by atoms with Gasteiger partial charge in [-0.15, -0.1) is 0 Å². The number of benzene rings is 2. The molecule has 2 saturated carbocycles. The average molecular weight is 723 g/mol. The SMILES string of the molecule is Cn1cc(C(=O)Nc2cc(Cl)c(CC(=O)C(OC3CCC(C(=O)O)CC3)(N3CCCC3)N3C[C@H]4C[C@H]3CN4C3CC3)cc2Cl)c2ccccc21. The van der Waals surface area contributed by atoms with Gasteiger partial charge in [0.25, 0.3) is 5.91 Å². The summed E-state index contributed by atoms with van der Waals surface area (Å²) in [7, 11) is 1.90. The number of carboxylic acids is 1. The molecule has 2 aromatic carbocycles. The molecule has 5 fully saturated rings. The number of rotatable bonds is 11. The molecule has 50 heavy (non-hydrogen) atoms. The van der Waals surface area contributed by atoms with Crippen LogP contribution in [0.1, 0.15) is 73.7 Å². The summed E-state index contributed by atoms with van der Waals surface area (Å²) in [6.07, 6.45) is 9.36. The summed E-state index contributed by atoms with van der Waals surface area (Å²) in [6.45, 7) is 3.21. The van der Waals surface area contributed by atoms with Gasteiger partial charge < -0.3 is 19.7 Å². The summed E-state index contributed by atoms with van der Waals surface area (Å²) >= 11 is 13.7. The lowest BCUT2D eigenvalue weighted by Crippen LogP contribution is -2.71. The highest BCUT2D eigenvalue weighted by Gasteiger charge is 2.60. The van der Waals surface area contributed by atoms with Gasteiger partial charge in [0, 0.05) is 79.9 Å². The van der Waals surface area contributed by atoms with Crippen molar-refractivity contribution >= 4 is 57.5 Å². The maximum absolute atomic E-state index is 15.1. The third kappa shape index (κ3) is 6.16. The van der Waals surface area contributed by atoms with Gasteiger partial charge in [-0.1, -0.05) is 41.4 Å². The minimum Gasteiger partial charge on any atom is -0.481 e. The van der Waals surface area contributed by atoms with Crippen molar-refractivity contribution in [3.8, 4) is 0 Å². The summed E-state index contributed by atoms with van der Waals surface area (Å²) in [6, 6.07) is 12.3. The molecule has 4 heterocycles. The molecule has 8 rings (SSSR count). The number of carboxylic acid groups (broad SMARTS) is 1. The number of aromatic nitrogens is 1. The summed E-state index contributed by atoms with van der Waals surface area (Å²) in [5.74, 6) is -2.78. The van der Waals surface area contributed by atoms with Gasteiger partial charge in [0.1, 0.15) is 0 Å². The molecule has 3 saturated heterocycles. The first-order chi connectivity index (χ1) is 24.1. The van der Waals surface area contributed by atoms with Crippen LogP contribution in [0, 0.1) is 5.92 Å². The number of aryl methyl sites for hydroxylation is 1. The molecule has 12 heteroatoms. The molecule has 3 aliphatic heterocycles. The number of hydrogen-bond donors (Lipinski definition) is 2. The number of fused-ring (bicyclic) bond motifs is 3. The monoisotopic (exact) mass is 721 g/mol. The molecule has 10 nitrogen and oxygen atoms in total. The molecule has 2 aliphatic carbocycles. The number of likely N-dealkylation sites (tertiary alicyclic amines) is 3. The molecule has 2 N–H and O–H groups in total. The number of anilines is 1. The Hall–Kier alpha value is -2.99. The Morgan fingerprint density at radius 1 is 0.940 bits per heavy atom. The first-order valence-electron chi connectivity index (χ1n) is 18.2. The number of ketones is 1. The Kier molecular flexibility index (Phi) is 9.23. The Balaban J connectivity index is 1.08. The van der Waals surface area contributed by atoms with Crippen LogP contribution in [0.25, 0.3) is 10.9 Å². The minimum atomic E-state index is -1.27. The van der Waals surface area contributed by atoms with Crippen LogP contribution in [0.15, 0.2) is 42.6 Å². The first-order valence-corrected chi connectivity index (χ1v) is 18.9. The molecule has 0 spiro atoms. The maximum Gasteiger partial charge on any atom is 0.306 e. The van der Waals surface area contributed by atoms with Gasteiger partial charge in [0.2, 0.25) is 5.85 Å². The van der Waals surface area contributed by atoms with Crippen molar-refractivity contribution in [3.63, 3.8) is 0 Å². The van der Waals surface area contributed by atoms with Crippen molar-refractivity contribution in [2.45, 2.75) is 94.3 Å². The normalized spacial score (nSPS) is 27.2. The lowest BCUT2D eigenvalue weighted by atomic mass is 9.87. The Morgan fingerprint density at radius 3 is 2.36 bits per heavy atom. The fraction of sp³-hybridized carbons (Fsp3) is 0.553. The molecule has 1 unspecified atom stereocenters. The van der Waals surface area contributed by atoms with Crippen LogP contribution < -0.4 is 5.32 Å². The molecule has 266 valence electrons. The first kappa shape index (κ1) is 34.1. The molecule has 3 atom stereocenters. The van der Waals surface area contributed by atoms with Crippen LogP contribution in [0.5, 0.6) is 0 Å². The standard InChI is InChI=1S/C38H45Cl2N5O5/c1-42-22-30(29-6-2-3-7-34(29)42)36(47)41-33-19-31(39)24(16-32(33)40)17-35(46)38(43-14-4-5-15-43,50-28-12-8-23(9-13-28)37(48)49)45-21-26-18-27(45)20-44(26)25-10-11-25/h2-3,6-7,16,19,22-23,25-28H,4-5,8-15,17-18,20-21H2,1H3,(H,41,47)(H,48,49)/t23?,26-,27+,28?,38?/m1/s1. The second-order valence-electron chi connectivity index (χ2n) is 15.0. The van der Waals surface area contributed by atoms with Gasteiger partial charge >= 0.3 is 5.97 Å². The number of aliphatic carboxylic acids is 1. The number of hydrogen-bond acceptors (Lipinski definition) is 7. The predicted molar refractivity (Wildman–Crippen MR) is 193 cm³/mol. The van der Waals surface area contributed by atoms with Crippen molar-refractivity contribution < 1.29 is 24.2 Å². The van der Waals surface area contributed by atoms with E-state index in [9.17, 15) is 14.7 Å². The Bertz CT molecular complexity index is 1810. The van der Waals surface area contributed by atoms with E-state index in [-0.39, 0.29) is 36.2 Å². The van der Waals surface area contributed by atoms with Gasteiger partial charge in [-0.2, -0.15) is 0 Å². The van der Waals surface area contributed by atoms with Crippen LogP contribution in [0.2, 0.25) is 10.0 Å². The van der Waals surface area contributed by atoms with Gasteiger partial charge in [-0.05, 0) is 81.5 Å². The molecular weight excluding hydrogens is 677 g/mol. The number of para-hydroxylation sites is 1. The van der Waals surface area contributed by atoms with E-state index in [0.717, 1.165) is 56.3 Å². The highest BCUT2D eigenvalue weighted by molar-refractivity contribution is 6.36. The molecule has 5 aliphatic rings. The van der Waals surface area contributed by atoms with Gasteiger partial charge in [0.05, 0.1) is 28.3 Å². The number of amides is 1. The van der Waals surface area contributed by atoms with Crippen molar-refractivity contribution in [1.29, 1.82) is 0 Å². The van der Waals surface area contributed by atoms with E-state index in [1.165, 1.54) is 12.8 Å². The zero-order chi connectivity index (χ0) is 34.7. The number of halogens is 2. The number of Topliss-reactive ketones (excluding diaryl/α,β-unsaturated/α-hetero) is 1. The van der Waals surface area contributed by atoms with E-state index in [1.807, 2.05) is 35.9 Å². The van der Waals surface area contributed by atoms with Crippen molar-refractivity contribution in [2.75, 3.05) is 31.5 Å². The molecule has 1 aromatic heterocycles. The van der Waals surface area contributed by atoms with E-state index in [1.54, 1.807) is 18.3 Å². The Labute approximate surface area is 302 Å². The largest absolute Gasteiger partial charge is 0.481 e. The third-order valence-electron chi connectivity index (χ3n) is 11.8. The lowest BCUT2D eigenvalue weighted by molar-refractivity contribution is -0.263. The third-order valence-corrected chi connectivity index (χ3v) is 12.5. The molecule has 1 amide bonds. The summed E-state index contributed by atoms with van der Waals surface area (Å²) in [5.41, 5.74) is 2.43. The molecular formula is C38H45Cl2N5O5. The fourth-order valence-corrected chi connectivity index (χ4v) is 9.61. The fourth-order valence-electron chi connectivity index (χ4n) is 9.15. The van der Waals surface area contributed by atoms with Crippen LogP contribution in [0.3, 0.4) is 0 Å². The second kappa shape index (κ2) is 13.5. The van der Waals surface area contributed by atoms with Crippen LogP contribution in [-0.4, -0.2) is 98.3 Å². The quantitative estimate of drug-likeness (QED) is 0.242. The van der Waals surface area contributed by atoms with E-state index in [0.29, 0.717) is 64.6 Å². The highest BCUT2D eigenvalue weighted by Crippen LogP contribution is 2.46. The number of nitrogens with one attached hydrogen (secondary N) is 1. The molecule has 0 radical (unpaired) electrons. The number of carbonyl (C=O) groups excluding carboxylic acids is 2. The number of piperazine rings is 1. The smallest absolute Gasteiger partial charge is 0.306 e. The predicted octanol–water partition coefficient (Wildman–Crippen LogP) is 6.18. The number of carbonyl (C=O) groups is 3. The van der Waals surface area contributed by atoms with Gasteiger partial charge in [-0.3, -0.25) is 29.1 Å². The maximum atomic E-state index is 15.1. The minimum absolute atomic E-state index is 0.0112. The van der Waals surface area contributed by atoms with E-state index >= 15 is 4.79 Å². The number of ether oxygens (including phenoxy) is 1. The average Bonchev–Trinajstić information content (AvgIpc) is 3.43. The Morgan fingerprint density at radius 2 is 1.68 bits per heavy atom. The van der Waals surface area contributed by atoms with E-state index in [4.69, 9.17) is 27.9 Å². The van der Waals surface area contributed by atoms with Crippen molar-refractivity contribution in [1.82, 2.24) is 19.3 Å². The summed E-state index contributed by atoms with van der Waals surface area (Å²) in [4.78, 5) is 47.5. The molecule has 2 bridgehead atoms. The zero-order valence-electron chi connectivity index (χ0n) is 28.5. The molecule has 3 aromatic rings. The van der Waals surface area contributed by atoms with Crippen LogP contribution >= 0.6 is 23.2 Å². The van der Waals surface area contributed by atoms with Crippen molar-refractivity contribution in [3.05, 3.63) is 63.8 Å². The van der Waals surface area contributed by atoms with E-state index in [2.05, 4.69) is 20.0 Å². The number of nitrogens with zero attached hydrogens (tertiary/aromatic N) is 4. The van der Waals surface area contributed by atoms with E-state index < -0.39 is 11.8 Å². The van der Waals surface area contributed by atoms with Gasteiger partial charge in [0.15, 0.2) is 5.78 Å². The van der Waals surface area contributed by atoms with Crippen molar-refractivity contribution in [2.24, 2.45) is 13.0 Å². The summed E-state index contributed by atoms with van der Waals surface area (Å²) < 4.78 is 9.07. The van der Waals surface area contributed by atoms with Gasteiger partial charge in [-0.25, -0.2) is 0 Å². The second-order valence-corrected chi connectivity index (χ2v) is 15.8. The van der Waals surface area contributed by atoms with Crippen LogP contribution in [0.4, 0.5) is 5.69 Å². The van der Waals surface area contributed by atoms with Crippen LogP contribution in [-0.2, 0) is 27.8 Å². The zero-order valence-corrected chi connectivity index (χ0v) is 30.0.